The van der Waals surface area contributed by atoms with Gasteiger partial charge < -0.3 is 0 Å². The quantitative estimate of drug-likeness (QED) is 0.163. The Morgan fingerprint density at radius 1 is 0.500 bits per heavy atom. The topological polar surface area (TPSA) is 35.5 Å². The molecule has 0 heterocycles. The predicted octanol–water partition coefficient (Wildman–Crippen LogP) is 7.96. The molecule has 0 rings (SSSR count). The first-order valence-corrected chi connectivity index (χ1v) is 11.6. The standard InChI is InChI=1S/C20H42O3P/c1-3-5-7-8-9-10-11-12-13-14-15-16-17-18-20-23-24(21)22-19-6-4-2/h3-20H2,1-2H3/q+1. The van der Waals surface area contributed by atoms with Crippen molar-refractivity contribution in [3.8, 4) is 0 Å². The van der Waals surface area contributed by atoms with Crippen LogP contribution in [0, 0.1) is 0 Å². The summed E-state index contributed by atoms with van der Waals surface area (Å²) in [7, 11) is -1.88. The highest BCUT2D eigenvalue weighted by Crippen LogP contribution is 2.24. The third-order valence-electron chi connectivity index (χ3n) is 4.39. The summed E-state index contributed by atoms with van der Waals surface area (Å²) in [5.41, 5.74) is 0. The molecule has 0 aliphatic rings. The van der Waals surface area contributed by atoms with E-state index in [1.807, 2.05) is 0 Å². The van der Waals surface area contributed by atoms with Crippen molar-refractivity contribution < 1.29 is 13.6 Å². The molecular weight excluding hydrogens is 319 g/mol. The van der Waals surface area contributed by atoms with Crippen molar-refractivity contribution in [2.75, 3.05) is 13.2 Å². The molecule has 1 unspecified atom stereocenters. The second-order valence-corrected chi connectivity index (χ2v) is 7.80. The Morgan fingerprint density at radius 2 is 0.833 bits per heavy atom. The van der Waals surface area contributed by atoms with Crippen LogP contribution in [0.1, 0.15) is 117 Å². The Bertz CT molecular complexity index is 259. The van der Waals surface area contributed by atoms with E-state index in [-0.39, 0.29) is 0 Å². The number of unbranched alkanes of at least 4 members (excludes halogenated alkanes) is 14. The predicted molar refractivity (Wildman–Crippen MR) is 105 cm³/mol. The first kappa shape index (κ1) is 24.0. The lowest BCUT2D eigenvalue weighted by atomic mass is 10.0. The van der Waals surface area contributed by atoms with Crippen molar-refractivity contribution in [1.29, 1.82) is 0 Å². The SMILES string of the molecule is CCCCCCCCCCCCCCCCO[P+](=O)OCCCC. The fourth-order valence-electron chi connectivity index (χ4n) is 2.76. The van der Waals surface area contributed by atoms with Crippen molar-refractivity contribution in [1.82, 2.24) is 0 Å². The summed E-state index contributed by atoms with van der Waals surface area (Å²) >= 11 is 0. The van der Waals surface area contributed by atoms with Gasteiger partial charge in [-0.15, -0.1) is 9.05 Å². The van der Waals surface area contributed by atoms with Gasteiger partial charge in [-0.1, -0.05) is 104 Å². The molecule has 0 amide bonds. The average molecular weight is 362 g/mol. The highest BCUT2D eigenvalue weighted by atomic mass is 31.1. The maximum atomic E-state index is 11.4. The van der Waals surface area contributed by atoms with Crippen LogP contribution in [-0.4, -0.2) is 13.2 Å². The van der Waals surface area contributed by atoms with Gasteiger partial charge in [-0.3, -0.25) is 0 Å². The van der Waals surface area contributed by atoms with Crippen LogP contribution in [0.5, 0.6) is 0 Å². The maximum Gasteiger partial charge on any atom is 0.697 e. The summed E-state index contributed by atoms with van der Waals surface area (Å²) in [4.78, 5) is 0. The highest BCUT2D eigenvalue weighted by Gasteiger charge is 2.18. The zero-order valence-corrected chi connectivity index (χ0v) is 17.3. The summed E-state index contributed by atoms with van der Waals surface area (Å²) in [6.07, 6.45) is 20.9. The average Bonchev–Trinajstić information content (AvgIpc) is 2.58. The fourth-order valence-corrected chi connectivity index (χ4v) is 3.39. The van der Waals surface area contributed by atoms with Gasteiger partial charge in [0.2, 0.25) is 0 Å². The molecule has 0 spiro atoms. The summed E-state index contributed by atoms with van der Waals surface area (Å²) in [5.74, 6) is 0. The third-order valence-corrected chi connectivity index (χ3v) is 5.18. The first-order chi connectivity index (χ1) is 11.8. The molecule has 0 N–H and O–H groups in total. The molecule has 0 aromatic heterocycles. The van der Waals surface area contributed by atoms with E-state index in [4.69, 9.17) is 9.05 Å². The van der Waals surface area contributed by atoms with E-state index in [1.54, 1.807) is 0 Å². The van der Waals surface area contributed by atoms with Gasteiger partial charge in [0.1, 0.15) is 13.2 Å². The first-order valence-electron chi connectivity index (χ1n) is 10.5. The van der Waals surface area contributed by atoms with E-state index in [0.29, 0.717) is 13.2 Å². The molecule has 0 radical (unpaired) electrons. The fraction of sp³-hybridized carbons (Fsp3) is 1.00. The molecule has 0 bridgehead atoms. The molecule has 24 heavy (non-hydrogen) atoms. The largest absolute Gasteiger partial charge is 0.697 e. The van der Waals surface area contributed by atoms with Crippen molar-refractivity contribution in [2.45, 2.75) is 117 Å². The van der Waals surface area contributed by atoms with Crippen LogP contribution >= 0.6 is 8.25 Å². The molecular formula is C20H42O3P+. The Labute approximate surface area is 152 Å². The minimum absolute atomic E-state index is 0.546. The van der Waals surface area contributed by atoms with Gasteiger partial charge in [-0.2, -0.15) is 0 Å². The van der Waals surface area contributed by atoms with Crippen LogP contribution in [-0.2, 0) is 13.6 Å². The van der Waals surface area contributed by atoms with Gasteiger partial charge in [0.25, 0.3) is 0 Å². The van der Waals surface area contributed by atoms with Gasteiger partial charge in [0, 0.05) is 4.57 Å². The number of hydrogen-bond donors (Lipinski definition) is 0. The Hall–Kier alpha value is 0.0200. The Morgan fingerprint density at radius 3 is 1.25 bits per heavy atom. The van der Waals surface area contributed by atoms with Crippen LogP contribution in [0.4, 0.5) is 0 Å². The van der Waals surface area contributed by atoms with Gasteiger partial charge in [-0.25, -0.2) is 0 Å². The lowest BCUT2D eigenvalue weighted by Gasteiger charge is -2.02. The van der Waals surface area contributed by atoms with Gasteiger partial charge in [0.05, 0.1) is 0 Å². The molecule has 144 valence electrons. The molecule has 4 heteroatoms. The molecule has 0 fully saturated rings. The summed E-state index contributed by atoms with van der Waals surface area (Å²) in [6.45, 7) is 5.48. The Balaban J connectivity index is 3.06. The van der Waals surface area contributed by atoms with Crippen LogP contribution in [0.25, 0.3) is 0 Å². The van der Waals surface area contributed by atoms with E-state index in [9.17, 15) is 4.57 Å². The van der Waals surface area contributed by atoms with Gasteiger partial charge >= 0.3 is 8.25 Å². The van der Waals surface area contributed by atoms with Gasteiger partial charge in [0.15, 0.2) is 0 Å². The molecule has 0 saturated heterocycles. The number of hydrogen-bond acceptors (Lipinski definition) is 3. The van der Waals surface area contributed by atoms with Crippen LogP contribution in [0.15, 0.2) is 0 Å². The minimum atomic E-state index is -1.88. The van der Waals surface area contributed by atoms with Crippen LogP contribution < -0.4 is 0 Å². The second kappa shape index (κ2) is 21.1. The Kier molecular flexibility index (Phi) is 21.1. The zero-order chi connectivity index (χ0) is 17.7. The molecule has 1 atom stereocenters. The molecule has 0 aromatic carbocycles. The summed E-state index contributed by atoms with van der Waals surface area (Å²) in [5, 5.41) is 0. The lowest BCUT2D eigenvalue weighted by molar-refractivity contribution is 0.219. The summed E-state index contributed by atoms with van der Waals surface area (Å²) < 4.78 is 21.6. The second-order valence-electron chi connectivity index (χ2n) is 6.84. The highest BCUT2D eigenvalue weighted by molar-refractivity contribution is 7.33. The normalized spacial score (nSPS) is 11.8. The van der Waals surface area contributed by atoms with Crippen molar-refractivity contribution in [3.05, 3.63) is 0 Å². The van der Waals surface area contributed by atoms with Gasteiger partial charge in [-0.05, 0) is 12.8 Å². The van der Waals surface area contributed by atoms with E-state index in [1.165, 1.54) is 83.5 Å². The van der Waals surface area contributed by atoms with E-state index in [0.717, 1.165) is 19.3 Å². The van der Waals surface area contributed by atoms with Crippen molar-refractivity contribution in [3.63, 3.8) is 0 Å². The van der Waals surface area contributed by atoms with Crippen molar-refractivity contribution in [2.24, 2.45) is 0 Å². The molecule has 0 saturated carbocycles. The van der Waals surface area contributed by atoms with Crippen molar-refractivity contribution >= 4 is 8.25 Å². The molecule has 3 nitrogen and oxygen atoms in total. The van der Waals surface area contributed by atoms with E-state index < -0.39 is 8.25 Å². The van der Waals surface area contributed by atoms with Crippen LogP contribution in [0.2, 0.25) is 0 Å². The summed E-state index contributed by atoms with van der Waals surface area (Å²) in [6, 6.07) is 0. The molecule has 0 aliphatic heterocycles. The third kappa shape index (κ3) is 20.1. The maximum absolute atomic E-state index is 11.4. The molecule has 0 aliphatic carbocycles. The zero-order valence-electron chi connectivity index (χ0n) is 16.4. The smallest absolute Gasteiger partial charge is 0.119 e. The monoisotopic (exact) mass is 361 g/mol. The van der Waals surface area contributed by atoms with E-state index in [2.05, 4.69) is 13.8 Å². The lowest BCUT2D eigenvalue weighted by Crippen LogP contribution is -1.91. The molecule has 0 aromatic rings. The number of rotatable bonds is 20. The van der Waals surface area contributed by atoms with Crippen LogP contribution in [0.3, 0.4) is 0 Å². The van der Waals surface area contributed by atoms with E-state index >= 15 is 0 Å². The minimum Gasteiger partial charge on any atom is -0.119 e.